The lowest BCUT2D eigenvalue weighted by molar-refractivity contribution is 0.308. The van der Waals surface area contributed by atoms with Crippen molar-refractivity contribution < 1.29 is 13.2 Å². The number of nitrogens with one attached hydrogen (secondary N) is 1. The van der Waals surface area contributed by atoms with Crippen molar-refractivity contribution in [3.8, 4) is 5.75 Å². The van der Waals surface area contributed by atoms with Gasteiger partial charge in [-0.25, -0.2) is 17.4 Å². The Morgan fingerprint density at radius 3 is 3.00 bits per heavy atom. The van der Waals surface area contributed by atoms with Crippen molar-refractivity contribution in [1.82, 2.24) is 19.3 Å². The van der Waals surface area contributed by atoms with Crippen molar-refractivity contribution in [1.29, 1.82) is 0 Å². The van der Waals surface area contributed by atoms with Crippen LogP contribution in [0.15, 0.2) is 47.8 Å². The first-order valence-electron chi connectivity index (χ1n) is 9.51. The number of anilines is 1. The third-order valence-corrected chi connectivity index (χ3v) is 6.98. The number of nitrogens with zero attached hydrogens (tertiary/aromatic N) is 4. The number of hydrogen-bond acceptors (Lipinski definition) is 7. The van der Waals surface area contributed by atoms with Crippen LogP contribution in [0, 0.1) is 0 Å². The van der Waals surface area contributed by atoms with E-state index in [0.717, 1.165) is 30.6 Å². The van der Waals surface area contributed by atoms with E-state index in [1.807, 2.05) is 11.9 Å². The fourth-order valence-electron chi connectivity index (χ4n) is 3.80. The van der Waals surface area contributed by atoms with Crippen molar-refractivity contribution in [3.63, 3.8) is 0 Å². The van der Waals surface area contributed by atoms with Crippen LogP contribution in [-0.4, -0.2) is 55.6 Å². The quantitative estimate of drug-likeness (QED) is 0.704. The number of pyridine rings is 2. The molecule has 0 amide bonds. The summed E-state index contributed by atoms with van der Waals surface area (Å²) in [6.45, 7) is 2.84. The molecule has 3 aromatic rings. The SMILES string of the molecule is CN1CCOc2cc(S(=O)(=O)n3cc(C4=CCNCC4)c4ncccc43)cnc21. The van der Waals surface area contributed by atoms with Gasteiger partial charge in [-0.15, -0.1) is 0 Å². The van der Waals surface area contributed by atoms with E-state index in [-0.39, 0.29) is 4.90 Å². The summed E-state index contributed by atoms with van der Waals surface area (Å²) < 4.78 is 34.0. The highest BCUT2D eigenvalue weighted by molar-refractivity contribution is 7.90. The Kier molecular flexibility index (Phi) is 4.29. The number of rotatable bonds is 3. The normalized spacial score (nSPS) is 17.0. The summed E-state index contributed by atoms with van der Waals surface area (Å²) in [5.41, 5.74) is 3.20. The summed E-state index contributed by atoms with van der Waals surface area (Å²) in [7, 11) is -1.95. The molecule has 29 heavy (non-hydrogen) atoms. The molecule has 0 radical (unpaired) electrons. The molecule has 5 heterocycles. The second-order valence-electron chi connectivity index (χ2n) is 7.16. The van der Waals surface area contributed by atoms with Crippen LogP contribution in [0.1, 0.15) is 12.0 Å². The fraction of sp³-hybridized carbons (Fsp3) is 0.300. The minimum atomic E-state index is -3.86. The van der Waals surface area contributed by atoms with E-state index in [4.69, 9.17) is 4.74 Å². The summed E-state index contributed by atoms with van der Waals surface area (Å²) in [5.74, 6) is 1.13. The molecule has 0 fully saturated rings. The van der Waals surface area contributed by atoms with E-state index in [2.05, 4.69) is 21.4 Å². The molecule has 5 rings (SSSR count). The molecule has 0 spiro atoms. The van der Waals surface area contributed by atoms with E-state index in [1.165, 1.54) is 10.2 Å². The molecule has 0 saturated heterocycles. The number of aromatic nitrogens is 3. The van der Waals surface area contributed by atoms with Gasteiger partial charge in [0.2, 0.25) is 0 Å². The number of fused-ring (bicyclic) bond motifs is 2. The molecule has 2 aliphatic heterocycles. The van der Waals surface area contributed by atoms with Gasteiger partial charge in [0.15, 0.2) is 11.6 Å². The minimum Gasteiger partial charge on any atom is -0.488 e. The van der Waals surface area contributed by atoms with Crippen molar-refractivity contribution >= 4 is 32.4 Å². The maximum absolute atomic E-state index is 13.5. The van der Waals surface area contributed by atoms with Gasteiger partial charge < -0.3 is 15.0 Å². The van der Waals surface area contributed by atoms with Crippen molar-refractivity contribution in [2.24, 2.45) is 0 Å². The molecule has 1 N–H and O–H groups in total. The number of hydrogen-bond donors (Lipinski definition) is 1. The first-order valence-corrected chi connectivity index (χ1v) is 11.0. The van der Waals surface area contributed by atoms with Crippen LogP contribution in [-0.2, 0) is 10.0 Å². The molecule has 0 bridgehead atoms. The smallest absolute Gasteiger partial charge is 0.269 e. The summed E-state index contributed by atoms with van der Waals surface area (Å²) in [4.78, 5) is 10.9. The van der Waals surface area contributed by atoms with Crippen LogP contribution in [0.2, 0.25) is 0 Å². The Morgan fingerprint density at radius 2 is 2.17 bits per heavy atom. The van der Waals surface area contributed by atoms with Gasteiger partial charge in [0.1, 0.15) is 11.5 Å². The molecular formula is C20H21N5O3S. The van der Waals surface area contributed by atoms with Crippen LogP contribution < -0.4 is 15.0 Å². The van der Waals surface area contributed by atoms with Crippen LogP contribution in [0.3, 0.4) is 0 Å². The van der Waals surface area contributed by atoms with Crippen LogP contribution in [0.5, 0.6) is 5.75 Å². The topological polar surface area (TPSA) is 89.4 Å². The van der Waals surface area contributed by atoms with Crippen molar-refractivity contribution in [2.45, 2.75) is 11.3 Å². The van der Waals surface area contributed by atoms with Gasteiger partial charge in [-0.2, -0.15) is 0 Å². The second-order valence-corrected chi connectivity index (χ2v) is 8.98. The Hall–Kier alpha value is -2.91. The minimum absolute atomic E-state index is 0.0955. The van der Waals surface area contributed by atoms with Crippen LogP contribution >= 0.6 is 0 Å². The molecule has 2 aliphatic rings. The molecule has 0 aliphatic carbocycles. The van der Waals surface area contributed by atoms with E-state index in [9.17, 15) is 8.42 Å². The van der Waals surface area contributed by atoms with Crippen molar-refractivity contribution in [2.75, 3.05) is 38.2 Å². The van der Waals surface area contributed by atoms with Gasteiger partial charge in [-0.05, 0) is 30.7 Å². The van der Waals surface area contributed by atoms with Gasteiger partial charge >= 0.3 is 0 Å². The Labute approximate surface area is 168 Å². The first kappa shape index (κ1) is 18.1. The van der Waals surface area contributed by atoms with E-state index >= 15 is 0 Å². The third kappa shape index (κ3) is 2.97. The van der Waals surface area contributed by atoms with E-state index in [0.29, 0.717) is 35.8 Å². The predicted octanol–water partition coefficient (Wildman–Crippen LogP) is 1.87. The molecule has 0 unspecified atom stereocenters. The lowest BCUT2D eigenvalue weighted by Crippen LogP contribution is -2.30. The molecule has 0 atom stereocenters. The number of ether oxygens (including phenoxy) is 1. The van der Waals surface area contributed by atoms with Gasteiger partial charge in [0.25, 0.3) is 10.0 Å². The average Bonchev–Trinajstić information content (AvgIpc) is 3.15. The third-order valence-electron chi connectivity index (χ3n) is 5.35. The first-order chi connectivity index (χ1) is 14.1. The fourth-order valence-corrected chi connectivity index (χ4v) is 5.12. The summed E-state index contributed by atoms with van der Waals surface area (Å²) in [6, 6.07) is 5.08. The second kappa shape index (κ2) is 6.85. The summed E-state index contributed by atoms with van der Waals surface area (Å²) >= 11 is 0. The van der Waals surface area contributed by atoms with Gasteiger partial charge in [0, 0.05) is 37.6 Å². The highest BCUT2D eigenvalue weighted by Gasteiger charge is 2.26. The largest absolute Gasteiger partial charge is 0.488 e. The lowest BCUT2D eigenvalue weighted by atomic mass is 10.0. The summed E-state index contributed by atoms with van der Waals surface area (Å²) in [6.07, 6.45) is 7.68. The molecule has 0 aromatic carbocycles. The highest BCUT2D eigenvalue weighted by atomic mass is 32.2. The van der Waals surface area contributed by atoms with Crippen LogP contribution in [0.4, 0.5) is 5.82 Å². The maximum Gasteiger partial charge on any atom is 0.269 e. The molecule has 150 valence electrons. The molecule has 0 saturated carbocycles. The lowest BCUT2D eigenvalue weighted by Gasteiger charge is -2.26. The van der Waals surface area contributed by atoms with E-state index < -0.39 is 10.0 Å². The number of likely N-dealkylation sites (N-methyl/N-ethyl adjacent to an activating group) is 1. The predicted molar refractivity (Wildman–Crippen MR) is 111 cm³/mol. The Morgan fingerprint density at radius 1 is 1.28 bits per heavy atom. The van der Waals surface area contributed by atoms with Crippen LogP contribution in [0.25, 0.3) is 16.6 Å². The zero-order valence-corrected chi connectivity index (χ0v) is 16.8. The molecule has 3 aromatic heterocycles. The molecule has 8 nitrogen and oxygen atoms in total. The van der Waals surface area contributed by atoms with Crippen molar-refractivity contribution in [3.05, 3.63) is 48.4 Å². The standard InChI is InChI=1S/C20H21N5O3S/c1-24-9-10-28-18-11-15(12-23-20(18)24)29(26,27)25-13-16(14-4-7-21-8-5-14)19-17(25)3-2-6-22-19/h2-4,6,11-13,21H,5,7-10H2,1H3. The highest BCUT2D eigenvalue weighted by Crippen LogP contribution is 2.34. The average molecular weight is 411 g/mol. The van der Waals surface area contributed by atoms with Gasteiger partial charge in [0.05, 0.1) is 23.8 Å². The summed E-state index contributed by atoms with van der Waals surface area (Å²) in [5, 5.41) is 3.28. The Bertz CT molecular complexity index is 1230. The van der Waals surface area contributed by atoms with E-state index in [1.54, 1.807) is 30.6 Å². The molecular weight excluding hydrogens is 390 g/mol. The molecule has 9 heteroatoms. The van der Waals surface area contributed by atoms with Gasteiger partial charge in [-0.3, -0.25) is 4.98 Å². The maximum atomic E-state index is 13.5. The Balaban J connectivity index is 1.66. The monoisotopic (exact) mass is 411 g/mol. The van der Waals surface area contributed by atoms with Gasteiger partial charge in [-0.1, -0.05) is 6.08 Å². The zero-order valence-electron chi connectivity index (χ0n) is 16.0. The zero-order chi connectivity index (χ0) is 20.0.